The van der Waals surface area contributed by atoms with Gasteiger partial charge in [0.05, 0.1) is 18.3 Å². The molecule has 3 nitrogen and oxygen atoms in total. The van der Waals surface area contributed by atoms with E-state index in [2.05, 4.69) is 11.9 Å². The molecule has 1 fully saturated rings. The van der Waals surface area contributed by atoms with Crippen LogP contribution in [-0.2, 0) is 4.74 Å². The second kappa shape index (κ2) is 4.24. The first-order valence-corrected chi connectivity index (χ1v) is 5.16. The Balaban J connectivity index is 2.20. The van der Waals surface area contributed by atoms with E-state index in [0.717, 1.165) is 6.42 Å². The molecule has 0 spiro atoms. The monoisotopic (exact) mass is 210 g/mol. The van der Waals surface area contributed by atoms with Crippen LogP contribution in [0.25, 0.3) is 0 Å². The lowest BCUT2D eigenvalue weighted by molar-refractivity contribution is 0.0714. The topological polar surface area (TPSA) is 48.1 Å². The van der Waals surface area contributed by atoms with E-state index in [0.29, 0.717) is 18.1 Å². The lowest BCUT2D eigenvalue weighted by Gasteiger charge is -2.22. The van der Waals surface area contributed by atoms with Gasteiger partial charge in [-0.15, -0.1) is 0 Å². The largest absolute Gasteiger partial charge is 0.376 e. The van der Waals surface area contributed by atoms with Crippen molar-refractivity contribution >= 4 is 0 Å². The van der Waals surface area contributed by atoms with Gasteiger partial charge < -0.3 is 10.5 Å². The number of hydrogen-bond acceptors (Lipinski definition) is 3. The minimum absolute atomic E-state index is 0.0816. The van der Waals surface area contributed by atoms with Crippen LogP contribution in [0.15, 0.2) is 18.5 Å². The summed E-state index contributed by atoms with van der Waals surface area (Å²) in [5.41, 5.74) is 6.49. The Morgan fingerprint density at radius 2 is 2.47 bits per heavy atom. The fourth-order valence-corrected chi connectivity index (χ4v) is 2.01. The van der Waals surface area contributed by atoms with Crippen molar-refractivity contribution in [3.05, 3.63) is 29.8 Å². The predicted molar refractivity (Wildman–Crippen MR) is 54.6 cm³/mol. The van der Waals surface area contributed by atoms with Gasteiger partial charge in [0.25, 0.3) is 0 Å². The summed E-state index contributed by atoms with van der Waals surface area (Å²) >= 11 is 0. The number of nitrogens with two attached hydrogens (primary N) is 1. The van der Waals surface area contributed by atoms with Crippen molar-refractivity contribution in [1.29, 1.82) is 0 Å². The molecule has 2 N–H and O–H groups in total. The van der Waals surface area contributed by atoms with E-state index in [9.17, 15) is 4.39 Å². The lowest BCUT2D eigenvalue weighted by Crippen LogP contribution is -2.30. The zero-order chi connectivity index (χ0) is 10.8. The molecule has 1 aliphatic heterocycles. The van der Waals surface area contributed by atoms with Gasteiger partial charge in [0, 0.05) is 18.4 Å². The molecule has 0 aromatic carbocycles. The third-order valence-corrected chi connectivity index (χ3v) is 2.96. The van der Waals surface area contributed by atoms with Gasteiger partial charge in [0.15, 0.2) is 0 Å². The van der Waals surface area contributed by atoms with Crippen molar-refractivity contribution in [3.63, 3.8) is 0 Å². The van der Waals surface area contributed by atoms with E-state index in [1.807, 2.05) is 0 Å². The maximum Gasteiger partial charge on any atom is 0.146 e. The van der Waals surface area contributed by atoms with Crippen LogP contribution >= 0.6 is 0 Å². The standard InChI is InChI=1S/C11H15FN2O/c1-7-3-5-15-11(7)10(13)8-2-4-14-6-9(8)12/h2,4,6-7,10-11H,3,5,13H2,1H3. The predicted octanol–water partition coefficient (Wildman–Crippen LogP) is 1.65. The molecule has 2 heterocycles. The van der Waals surface area contributed by atoms with Gasteiger partial charge in [0.1, 0.15) is 5.82 Å². The molecule has 2 rings (SSSR count). The van der Waals surface area contributed by atoms with Gasteiger partial charge in [-0.25, -0.2) is 4.39 Å². The van der Waals surface area contributed by atoms with E-state index >= 15 is 0 Å². The number of hydrogen-bond donors (Lipinski definition) is 1. The summed E-state index contributed by atoms with van der Waals surface area (Å²) < 4.78 is 18.9. The lowest BCUT2D eigenvalue weighted by atomic mass is 9.93. The SMILES string of the molecule is CC1CCOC1C(N)c1ccncc1F. The molecule has 1 aliphatic rings. The Morgan fingerprint density at radius 1 is 1.67 bits per heavy atom. The van der Waals surface area contributed by atoms with E-state index in [1.54, 1.807) is 12.3 Å². The molecule has 15 heavy (non-hydrogen) atoms. The maximum absolute atomic E-state index is 13.4. The average molecular weight is 210 g/mol. The van der Waals surface area contributed by atoms with Crippen LogP contribution in [0.2, 0.25) is 0 Å². The second-order valence-electron chi connectivity index (χ2n) is 4.02. The zero-order valence-corrected chi connectivity index (χ0v) is 8.69. The molecule has 1 saturated heterocycles. The highest BCUT2D eigenvalue weighted by Crippen LogP contribution is 2.30. The van der Waals surface area contributed by atoms with Crippen molar-refractivity contribution in [2.45, 2.75) is 25.5 Å². The average Bonchev–Trinajstić information content (AvgIpc) is 2.64. The van der Waals surface area contributed by atoms with Crippen molar-refractivity contribution in [1.82, 2.24) is 4.98 Å². The van der Waals surface area contributed by atoms with Crippen LogP contribution < -0.4 is 5.73 Å². The number of rotatable bonds is 2. The fourth-order valence-electron chi connectivity index (χ4n) is 2.01. The van der Waals surface area contributed by atoms with Crippen molar-refractivity contribution in [2.75, 3.05) is 6.61 Å². The minimum Gasteiger partial charge on any atom is -0.376 e. The van der Waals surface area contributed by atoms with E-state index in [1.165, 1.54) is 6.20 Å². The molecule has 3 unspecified atom stereocenters. The molecule has 0 amide bonds. The molecule has 3 atom stereocenters. The Morgan fingerprint density at radius 3 is 3.07 bits per heavy atom. The Labute approximate surface area is 88.5 Å². The smallest absolute Gasteiger partial charge is 0.146 e. The molecule has 1 aromatic rings. The summed E-state index contributed by atoms with van der Waals surface area (Å²) in [6.45, 7) is 2.79. The van der Waals surface area contributed by atoms with Gasteiger partial charge in [-0.1, -0.05) is 6.92 Å². The summed E-state index contributed by atoms with van der Waals surface area (Å²) in [6, 6.07) is 1.22. The molecular weight excluding hydrogens is 195 g/mol. The summed E-state index contributed by atoms with van der Waals surface area (Å²) in [6.07, 6.45) is 3.65. The van der Waals surface area contributed by atoms with Crippen LogP contribution in [0, 0.1) is 11.7 Å². The van der Waals surface area contributed by atoms with Crippen LogP contribution in [0.5, 0.6) is 0 Å². The van der Waals surface area contributed by atoms with Gasteiger partial charge in [-0.05, 0) is 18.4 Å². The number of pyridine rings is 1. The summed E-state index contributed by atoms with van der Waals surface area (Å²) in [5.74, 6) is 0.0280. The zero-order valence-electron chi connectivity index (χ0n) is 8.69. The van der Waals surface area contributed by atoms with Crippen molar-refractivity contribution < 1.29 is 9.13 Å². The minimum atomic E-state index is -0.398. The number of halogens is 1. The first-order chi connectivity index (χ1) is 7.20. The molecule has 1 aromatic heterocycles. The van der Waals surface area contributed by atoms with Gasteiger partial charge >= 0.3 is 0 Å². The quantitative estimate of drug-likeness (QED) is 0.807. The fraction of sp³-hybridized carbons (Fsp3) is 0.545. The van der Waals surface area contributed by atoms with Crippen LogP contribution in [-0.4, -0.2) is 17.7 Å². The summed E-state index contributed by atoms with van der Waals surface area (Å²) in [5, 5.41) is 0. The number of ether oxygens (including phenoxy) is 1. The summed E-state index contributed by atoms with van der Waals surface area (Å²) in [4.78, 5) is 3.70. The van der Waals surface area contributed by atoms with Gasteiger partial charge in [-0.2, -0.15) is 0 Å². The first-order valence-electron chi connectivity index (χ1n) is 5.16. The van der Waals surface area contributed by atoms with Crippen LogP contribution in [0.1, 0.15) is 24.9 Å². The highest BCUT2D eigenvalue weighted by molar-refractivity contribution is 5.18. The van der Waals surface area contributed by atoms with Crippen molar-refractivity contribution in [2.24, 2.45) is 11.7 Å². The first kappa shape index (κ1) is 10.5. The van der Waals surface area contributed by atoms with E-state index in [-0.39, 0.29) is 11.9 Å². The van der Waals surface area contributed by atoms with Crippen molar-refractivity contribution in [3.8, 4) is 0 Å². The molecular formula is C11H15FN2O. The molecule has 0 aliphatic carbocycles. The molecule has 0 bridgehead atoms. The summed E-state index contributed by atoms with van der Waals surface area (Å²) in [7, 11) is 0. The second-order valence-corrected chi connectivity index (χ2v) is 4.02. The van der Waals surface area contributed by atoms with Crippen LogP contribution in [0.4, 0.5) is 4.39 Å². The third kappa shape index (κ3) is 2.01. The molecule has 0 radical (unpaired) electrons. The van der Waals surface area contributed by atoms with Gasteiger partial charge in [0.2, 0.25) is 0 Å². The van der Waals surface area contributed by atoms with E-state index in [4.69, 9.17) is 10.5 Å². The molecule has 4 heteroatoms. The van der Waals surface area contributed by atoms with Crippen LogP contribution in [0.3, 0.4) is 0 Å². The normalized spacial score (nSPS) is 27.9. The van der Waals surface area contributed by atoms with Gasteiger partial charge in [-0.3, -0.25) is 4.98 Å². The number of aromatic nitrogens is 1. The molecule has 0 saturated carbocycles. The highest BCUT2D eigenvalue weighted by atomic mass is 19.1. The third-order valence-electron chi connectivity index (χ3n) is 2.96. The Kier molecular flexibility index (Phi) is 2.98. The Bertz CT molecular complexity index is 345. The Hall–Kier alpha value is -1.00. The molecule has 82 valence electrons. The highest BCUT2D eigenvalue weighted by Gasteiger charge is 2.31. The number of nitrogens with zero attached hydrogens (tertiary/aromatic N) is 1. The van der Waals surface area contributed by atoms with E-state index < -0.39 is 6.04 Å². The maximum atomic E-state index is 13.4.